The normalized spacial score (nSPS) is 9.85. The molecule has 0 unspecified atom stereocenters. The summed E-state index contributed by atoms with van der Waals surface area (Å²) in [5, 5.41) is 12.3. The number of nitrogens with one attached hydrogen (secondary N) is 2. The van der Waals surface area contributed by atoms with E-state index in [2.05, 4.69) is 25.2 Å². The van der Waals surface area contributed by atoms with Crippen molar-refractivity contribution in [3.05, 3.63) is 30.3 Å². The third-order valence-electron chi connectivity index (χ3n) is 1.42. The van der Waals surface area contributed by atoms with Gasteiger partial charge >= 0.3 is 0 Å². The molecule has 0 aliphatic carbocycles. The van der Waals surface area contributed by atoms with Crippen LogP contribution in [0.25, 0.3) is 0 Å². The third-order valence-corrected chi connectivity index (χ3v) is 1.42. The molecule has 0 saturated heterocycles. The van der Waals surface area contributed by atoms with Gasteiger partial charge in [0.1, 0.15) is 12.1 Å². The van der Waals surface area contributed by atoms with Crippen molar-refractivity contribution in [2.75, 3.05) is 5.32 Å². The van der Waals surface area contributed by atoms with E-state index in [0.717, 1.165) is 0 Å². The summed E-state index contributed by atoms with van der Waals surface area (Å²) in [5.74, 6) is 0.186. The summed E-state index contributed by atoms with van der Waals surface area (Å²) in [6.07, 6.45) is 2.88. The van der Waals surface area contributed by atoms with Gasteiger partial charge in [-0.3, -0.25) is 9.89 Å². The van der Waals surface area contributed by atoms with Crippen LogP contribution in [-0.2, 0) is 0 Å². The molecule has 2 rings (SSSR count). The molecule has 0 radical (unpaired) electrons. The van der Waals surface area contributed by atoms with Gasteiger partial charge in [-0.25, -0.2) is 0 Å². The van der Waals surface area contributed by atoms with E-state index in [9.17, 15) is 4.79 Å². The highest BCUT2D eigenvalue weighted by molar-refractivity contribution is 6.02. The number of aromatic amines is 1. The van der Waals surface area contributed by atoms with E-state index < -0.39 is 0 Å². The minimum absolute atomic E-state index is 0.231. The largest absolute Gasteiger partial charge is 0.364 e. The van der Waals surface area contributed by atoms with Crippen molar-refractivity contribution in [2.45, 2.75) is 0 Å². The van der Waals surface area contributed by atoms with E-state index >= 15 is 0 Å². The van der Waals surface area contributed by atoms with Gasteiger partial charge in [-0.15, -0.1) is 0 Å². The van der Waals surface area contributed by atoms with Crippen molar-refractivity contribution >= 4 is 11.7 Å². The molecule has 6 heteroatoms. The van der Waals surface area contributed by atoms with Gasteiger partial charge in [-0.1, -0.05) is 5.16 Å². The zero-order valence-electron chi connectivity index (χ0n) is 6.52. The molecule has 0 spiro atoms. The molecular weight excluding hydrogens is 172 g/mol. The minimum Gasteiger partial charge on any atom is -0.364 e. The highest BCUT2D eigenvalue weighted by atomic mass is 16.5. The van der Waals surface area contributed by atoms with Gasteiger partial charge in [0.2, 0.25) is 0 Å². The van der Waals surface area contributed by atoms with Crippen molar-refractivity contribution in [1.82, 2.24) is 15.4 Å². The number of aromatic nitrogens is 3. The Hall–Kier alpha value is -2.11. The van der Waals surface area contributed by atoms with Gasteiger partial charge in [0.25, 0.3) is 5.91 Å². The number of rotatable bonds is 2. The first kappa shape index (κ1) is 7.53. The Morgan fingerprint density at radius 3 is 3.08 bits per heavy atom. The fourth-order valence-electron chi connectivity index (χ4n) is 0.842. The van der Waals surface area contributed by atoms with E-state index in [1.165, 1.54) is 12.3 Å². The van der Waals surface area contributed by atoms with Gasteiger partial charge in [0.15, 0.2) is 5.69 Å². The SMILES string of the molecule is O=C(Nc1ccn[nH]1)c1ccon1. The number of anilines is 1. The quantitative estimate of drug-likeness (QED) is 0.707. The lowest BCUT2D eigenvalue weighted by Crippen LogP contribution is -2.12. The molecule has 2 heterocycles. The molecule has 0 fully saturated rings. The van der Waals surface area contributed by atoms with Crippen LogP contribution in [0.15, 0.2) is 29.1 Å². The third kappa shape index (κ3) is 1.56. The number of carbonyl (C=O) groups is 1. The van der Waals surface area contributed by atoms with Gasteiger partial charge in [0, 0.05) is 12.1 Å². The van der Waals surface area contributed by atoms with Gasteiger partial charge in [0.05, 0.1) is 6.20 Å². The highest BCUT2D eigenvalue weighted by Gasteiger charge is 2.08. The fraction of sp³-hybridized carbons (Fsp3) is 0. The molecule has 2 N–H and O–H groups in total. The van der Waals surface area contributed by atoms with E-state index in [1.54, 1.807) is 12.3 Å². The summed E-state index contributed by atoms with van der Waals surface area (Å²) in [5.41, 5.74) is 0.231. The molecular formula is C7H6N4O2. The van der Waals surface area contributed by atoms with Crippen molar-refractivity contribution in [1.29, 1.82) is 0 Å². The monoisotopic (exact) mass is 178 g/mol. The molecule has 0 aliphatic heterocycles. The number of H-pyrrole nitrogens is 1. The average Bonchev–Trinajstić information content (AvgIpc) is 2.74. The number of amides is 1. The molecule has 66 valence electrons. The van der Waals surface area contributed by atoms with Crippen LogP contribution < -0.4 is 5.32 Å². The standard InChI is InChI=1S/C7H6N4O2/c12-7(5-2-4-13-11-5)9-6-1-3-8-10-6/h1-4H,(H2,8,9,10,12). The number of carbonyl (C=O) groups excluding carboxylic acids is 1. The van der Waals surface area contributed by atoms with Crippen LogP contribution in [0, 0.1) is 0 Å². The molecule has 6 nitrogen and oxygen atoms in total. The predicted octanol–water partition coefficient (Wildman–Crippen LogP) is 0.650. The summed E-state index contributed by atoms with van der Waals surface area (Å²) in [4.78, 5) is 11.3. The predicted molar refractivity (Wildman–Crippen MR) is 43.0 cm³/mol. The van der Waals surface area contributed by atoms with Crippen molar-refractivity contribution < 1.29 is 9.32 Å². The van der Waals surface area contributed by atoms with Crippen LogP contribution in [0.4, 0.5) is 5.82 Å². The first-order valence-electron chi connectivity index (χ1n) is 3.57. The van der Waals surface area contributed by atoms with Crippen molar-refractivity contribution in [3.63, 3.8) is 0 Å². The topological polar surface area (TPSA) is 83.8 Å². The molecule has 2 aromatic rings. The summed E-state index contributed by atoms with van der Waals surface area (Å²) >= 11 is 0. The Labute approximate surface area is 72.9 Å². The molecule has 0 aromatic carbocycles. The number of nitrogens with zero attached hydrogens (tertiary/aromatic N) is 2. The first-order chi connectivity index (χ1) is 6.36. The summed E-state index contributed by atoms with van der Waals surface area (Å²) in [7, 11) is 0. The van der Waals surface area contributed by atoms with Crippen molar-refractivity contribution in [2.24, 2.45) is 0 Å². The van der Waals surface area contributed by atoms with Crippen LogP contribution in [0.5, 0.6) is 0 Å². The zero-order chi connectivity index (χ0) is 9.10. The van der Waals surface area contributed by atoms with E-state index in [4.69, 9.17) is 0 Å². The fourth-order valence-corrected chi connectivity index (χ4v) is 0.842. The number of hydrogen-bond acceptors (Lipinski definition) is 4. The minimum atomic E-state index is -0.335. The van der Waals surface area contributed by atoms with E-state index in [0.29, 0.717) is 5.82 Å². The Kier molecular flexibility index (Phi) is 1.79. The number of hydrogen-bond donors (Lipinski definition) is 2. The Morgan fingerprint density at radius 1 is 1.54 bits per heavy atom. The molecule has 2 aromatic heterocycles. The van der Waals surface area contributed by atoms with Gasteiger partial charge in [-0.2, -0.15) is 5.10 Å². The highest BCUT2D eigenvalue weighted by Crippen LogP contribution is 2.02. The zero-order valence-corrected chi connectivity index (χ0v) is 6.52. The lowest BCUT2D eigenvalue weighted by Gasteiger charge is -1.96. The Bertz CT molecular complexity index is 379. The Balaban J connectivity index is 2.08. The molecule has 0 bridgehead atoms. The lowest BCUT2D eigenvalue weighted by molar-refractivity contribution is 0.101. The second kappa shape index (κ2) is 3.10. The van der Waals surface area contributed by atoms with Gasteiger partial charge in [-0.05, 0) is 0 Å². The summed E-state index contributed by atoms with van der Waals surface area (Å²) in [6.45, 7) is 0. The summed E-state index contributed by atoms with van der Waals surface area (Å²) in [6, 6.07) is 3.11. The maximum Gasteiger partial charge on any atom is 0.278 e. The molecule has 13 heavy (non-hydrogen) atoms. The van der Waals surface area contributed by atoms with Crippen LogP contribution in [-0.4, -0.2) is 21.3 Å². The second-order valence-corrected chi connectivity index (χ2v) is 2.31. The van der Waals surface area contributed by atoms with Crippen LogP contribution in [0.3, 0.4) is 0 Å². The molecule has 0 atom stereocenters. The van der Waals surface area contributed by atoms with Crippen molar-refractivity contribution in [3.8, 4) is 0 Å². The second-order valence-electron chi connectivity index (χ2n) is 2.31. The lowest BCUT2D eigenvalue weighted by atomic mass is 10.4. The maximum atomic E-state index is 11.3. The van der Waals surface area contributed by atoms with Gasteiger partial charge < -0.3 is 9.84 Å². The summed E-state index contributed by atoms with van der Waals surface area (Å²) < 4.78 is 4.52. The average molecular weight is 178 g/mol. The van der Waals surface area contributed by atoms with Crippen LogP contribution >= 0.6 is 0 Å². The smallest absolute Gasteiger partial charge is 0.278 e. The van der Waals surface area contributed by atoms with E-state index in [1.807, 2.05) is 0 Å². The van der Waals surface area contributed by atoms with E-state index in [-0.39, 0.29) is 11.6 Å². The molecule has 0 saturated carbocycles. The maximum absolute atomic E-state index is 11.3. The van der Waals surface area contributed by atoms with Crippen LogP contribution in [0.2, 0.25) is 0 Å². The molecule has 0 aliphatic rings. The molecule has 1 amide bonds. The van der Waals surface area contributed by atoms with Crippen LogP contribution in [0.1, 0.15) is 10.5 Å². The first-order valence-corrected chi connectivity index (χ1v) is 3.57. The Morgan fingerprint density at radius 2 is 2.46 bits per heavy atom.